The van der Waals surface area contributed by atoms with Gasteiger partial charge in [0.15, 0.2) is 11.4 Å². The monoisotopic (exact) mass is 554 g/mol. The quantitative estimate of drug-likeness (QED) is 0.306. The number of amides is 1. The van der Waals surface area contributed by atoms with Gasteiger partial charge in [-0.1, -0.05) is 23.4 Å². The van der Waals surface area contributed by atoms with Crippen molar-refractivity contribution >= 4 is 17.5 Å². The maximum absolute atomic E-state index is 14.3. The molecule has 1 aromatic heterocycles. The average Bonchev–Trinajstić information content (AvgIpc) is 3.61. The molecule has 0 saturated carbocycles. The molecule has 3 heterocycles. The number of carbonyl (C=O) groups excluding carboxylic acids is 1. The fourth-order valence-electron chi connectivity index (χ4n) is 5.15. The van der Waals surface area contributed by atoms with Gasteiger partial charge in [0.1, 0.15) is 17.6 Å². The first kappa shape index (κ1) is 26.5. The predicted octanol–water partition coefficient (Wildman–Crippen LogP) is 4.20. The van der Waals surface area contributed by atoms with Gasteiger partial charge in [0.25, 0.3) is 11.8 Å². The first-order chi connectivity index (χ1) is 20.0. The number of fused-ring (bicyclic) bond motifs is 1. The van der Waals surface area contributed by atoms with E-state index in [1.54, 1.807) is 12.0 Å². The van der Waals surface area contributed by atoms with Gasteiger partial charge in [0.2, 0.25) is 5.90 Å². The third kappa shape index (κ3) is 5.02. The van der Waals surface area contributed by atoms with Crippen molar-refractivity contribution in [3.05, 3.63) is 89.7 Å². The molecule has 2 aliphatic rings. The van der Waals surface area contributed by atoms with Crippen molar-refractivity contribution in [2.45, 2.75) is 38.0 Å². The standard InChI is InChI=1S/C31H30N4O6/c1-20-31(33-29(40-20)22-10-14-25(15-11-22)39-17-5-16-36)18-23-6-3-4-7-26(23)35(30(31)37)19-27-32-28(41-34-27)21-8-12-24(38-2)13-9-21/h3-4,6-15,20,36H,5,16-19H2,1-2H3/t20-,31-/m1/s1. The van der Waals surface area contributed by atoms with E-state index in [9.17, 15) is 4.79 Å². The van der Waals surface area contributed by atoms with Crippen molar-refractivity contribution in [1.29, 1.82) is 0 Å². The topological polar surface area (TPSA) is 120 Å². The highest BCUT2D eigenvalue weighted by atomic mass is 16.5. The second-order valence-electron chi connectivity index (χ2n) is 9.99. The molecule has 0 fully saturated rings. The Kier molecular flexibility index (Phi) is 7.15. The van der Waals surface area contributed by atoms with Gasteiger partial charge < -0.3 is 28.7 Å². The first-order valence-electron chi connectivity index (χ1n) is 13.5. The molecule has 2 atom stereocenters. The molecule has 41 heavy (non-hydrogen) atoms. The van der Waals surface area contributed by atoms with Crippen LogP contribution in [0.15, 0.2) is 82.3 Å². The van der Waals surface area contributed by atoms with Crippen LogP contribution in [0.3, 0.4) is 0 Å². The highest BCUT2D eigenvalue weighted by Gasteiger charge is 2.55. The minimum atomic E-state index is -1.14. The zero-order valence-electron chi connectivity index (χ0n) is 22.8. The first-order valence-corrected chi connectivity index (χ1v) is 13.5. The summed E-state index contributed by atoms with van der Waals surface area (Å²) in [7, 11) is 1.61. The van der Waals surface area contributed by atoms with Crippen LogP contribution in [0.5, 0.6) is 11.5 Å². The number of hydrogen-bond acceptors (Lipinski definition) is 9. The number of ether oxygens (including phenoxy) is 3. The normalized spacial score (nSPS) is 19.6. The number of para-hydroxylation sites is 1. The van der Waals surface area contributed by atoms with Crippen LogP contribution in [0.2, 0.25) is 0 Å². The van der Waals surface area contributed by atoms with E-state index in [2.05, 4.69) is 10.1 Å². The van der Waals surface area contributed by atoms with Crippen LogP contribution in [0.25, 0.3) is 11.5 Å². The third-order valence-corrected chi connectivity index (χ3v) is 7.40. The van der Waals surface area contributed by atoms with Crippen LogP contribution >= 0.6 is 0 Å². The molecule has 10 heteroatoms. The Balaban J connectivity index is 1.28. The van der Waals surface area contributed by atoms with E-state index in [4.69, 9.17) is 28.8 Å². The summed E-state index contributed by atoms with van der Waals surface area (Å²) in [5, 5.41) is 13.1. The lowest BCUT2D eigenvalue weighted by molar-refractivity contribution is -0.126. The fourth-order valence-corrected chi connectivity index (χ4v) is 5.15. The van der Waals surface area contributed by atoms with Gasteiger partial charge in [-0.3, -0.25) is 4.79 Å². The molecule has 0 aliphatic carbocycles. The van der Waals surface area contributed by atoms with E-state index in [1.807, 2.05) is 79.7 Å². The molecule has 0 unspecified atom stereocenters. The summed E-state index contributed by atoms with van der Waals surface area (Å²) in [5.41, 5.74) is 2.15. The number of nitrogens with zero attached hydrogens (tertiary/aromatic N) is 4. The summed E-state index contributed by atoms with van der Waals surface area (Å²) in [6.07, 6.45) is 0.473. The number of aliphatic hydroxyl groups is 1. The van der Waals surface area contributed by atoms with Crippen LogP contribution in [0, 0.1) is 0 Å². The number of methoxy groups -OCH3 is 1. The zero-order chi connectivity index (χ0) is 28.4. The van der Waals surface area contributed by atoms with Crippen LogP contribution in [-0.2, 0) is 22.5 Å². The lowest BCUT2D eigenvalue weighted by Crippen LogP contribution is -2.57. The average molecular weight is 555 g/mol. The van der Waals surface area contributed by atoms with Crippen molar-refractivity contribution < 1.29 is 28.6 Å². The summed E-state index contributed by atoms with van der Waals surface area (Å²) in [6.45, 7) is 2.50. The van der Waals surface area contributed by atoms with Gasteiger partial charge in [-0.05, 0) is 67.1 Å². The van der Waals surface area contributed by atoms with E-state index in [0.717, 1.165) is 28.1 Å². The molecule has 3 aromatic carbocycles. The Labute approximate surface area is 237 Å². The third-order valence-electron chi connectivity index (χ3n) is 7.40. The molecule has 2 aliphatic heterocycles. The Morgan fingerprint density at radius 1 is 1.02 bits per heavy atom. The van der Waals surface area contributed by atoms with Crippen LogP contribution < -0.4 is 14.4 Å². The van der Waals surface area contributed by atoms with Crippen molar-refractivity contribution in [1.82, 2.24) is 10.1 Å². The number of hydrogen-bond donors (Lipinski definition) is 1. The van der Waals surface area contributed by atoms with Gasteiger partial charge in [-0.15, -0.1) is 0 Å². The van der Waals surface area contributed by atoms with Crippen molar-refractivity contribution in [2.75, 3.05) is 25.2 Å². The molecule has 0 radical (unpaired) electrons. The van der Waals surface area contributed by atoms with Gasteiger partial charge in [0.05, 0.1) is 20.3 Å². The number of aromatic nitrogens is 2. The Bertz CT molecular complexity index is 1570. The number of benzene rings is 3. The van der Waals surface area contributed by atoms with E-state index in [0.29, 0.717) is 42.8 Å². The molecule has 1 amide bonds. The van der Waals surface area contributed by atoms with Gasteiger partial charge in [-0.2, -0.15) is 4.98 Å². The van der Waals surface area contributed by atoms with Crippen molar-refractivity contribution in [2.24, 2.45) is 4.99 Å². The van der Waals surface area contributed by atoms with E-state index in [-0.39, 0.29) is 19.1 Å². The molecule has 10 nitrogen and oxygen atoms in total. The van der Waals surface area contributed by atoms with Crippen molar-refractivity contribution in [3.63, 3.8) is 0 Å². The minimum absolute atomic E-state index is 0.0768. The van der Waals surface area contributed by atoms with E-state index < -0.39 is 11.6 Å². The van der Waals surface area contributed by atoms with Crippen LogP contribution in [-0.4, -0.2) is 59.0 Å². The van der Waals surface area contributed by atoms with Crippen LogP contribution in [0.1, 0.15) is 30.3 Å². The summed E-state index contributed by atoms with van der Waals surface area (Å²) in [6, 6.07) is 22.5. The molecule has 0 bridgehead atoms. The number of aliphatic hydroxyl groups excluding tert-OH is 1. The second-order valence-corrected chi connectivity index (χ2v) is 9.99. The van der Waals surface area contributed by atoms with E-state index >= 15 is 0 Å². The Hall–Kier alpha value is -4.70. The Morgan fingerprint density at radius 2 is 1.76 bits per heavy atom. The second kappa shape index (κ2) is 11.1. The molecule has 4 aromatic rings. The molecule has 1 N–H and O–H groups in total. The zero-order valence-corrected chi connectivity index (χ0v) is 22.8. The van der Waals surface area contributed by atoms with Crippen molar-refractivity contribution in [3.8, 4) is 23.0 Å². The maximum atomic E-state index is 14.3. The predicted molar refractivity (Wildman–Crippen MR) is 151 cm³/mol. The SMILES string of the molecule is COc1ccc(-c2nc(CN3C(=O)[C@]4(Cc5ccccc53)N=C(c3ccc(OCCCO)cc3)O[C@@H]4C)no2)cc1. The number of aliphatic imine (C=N–C) groups is 1. The number of anilines is 1. The van der Waals surface area contributed by atoms with E-state index in [1.165, 1.54) is 0 Å². The maximum Gasteiger partial charge on any atom is 0.259 e. The minimum Gasteiger partial charge on any atom is -0.497 e. The molecule has 0 saturated heterocycles. The Morgan fingerprint density at radius 3 is 2.51 bits per heavy atom. The molecule has 210 valence electrons. The highest BCUT2D eigenvalue weighted by molar-refractivity contribution is 6.08. The van der Waals surface area contributed by atoms with Gasteiger partial charge in [0, 0.05) is 36.3 Å². The highest BCUT2D eigenvalue weighted by Crippen LogP contribution is 2.41. The van der Waals surface area contributed by atoms with Gasteiger partial charge in [-0.25, -0.2) is 4.99 Å². The summed E-state index contributed by atoms with van der Waals surface area (Å²) < 4.78 is 22.6. The number of carbonyl (C=O) groups is 1. The lowest BCUT2D eigenvalue weighted by Gasteiger charge is -2.39. The summed E-state index contributed by atoms with van der Waals surface area (Å²) in [4.78, 5) is 25.4. The summed E-state index contributed by atoms with van der Waals surface area (Å²) >= 11 is 0. The molecular weight excluding hydrogens is 524 g/mol. The largest absolute Gasteiger partial charge is 0.497 e. The van der Waals surface area contributed by atoms with Gasteiger partial charge >= 0.3 is 0 Å². The van der Waals surface area contributed by atoms with Crippen LogP contribution in [0.4, 0.5) is 5.69 Å². The smallest absolute Gasteiger partial charge is 0.259 e. The molecular formula is C31H30N4O6. The fraction of sp³-hybridized carbons (Fsp3) is 0.290. The molecule has 6 rings (SSSR count). The number of rotatable bonds is 9. The summed E-state index contributed by atoms with van der Waals surface area (Å²) in [5.74, 6) is 2.38. The lowest BCUT2D eigenvalue weighted by atomic mass is 9.81. The molecule has 1 spiro atoms.